The maximum absolute atomic E-state index is 12.6. The highest BCUT2D eigenvalue weighted by atomic mass is 16.3. The van der Waals surface area contributed by atoms with Crippen molar-refractivity contribution < 1.29 is 9.90 Å². The van der Waals surface area contributed by atoms with E-state index in [-0.39, 0.29) is 17.6 Å². The van der Waals surface area contributed by atoms with Gasteiger partial charge in [-0.1, -0.05) is 6.92 Å². The van der Waals surface area contributed by atoms with Crippen LogP contribution >= 0.6 is 0 Å². The van der Waals surface area contributed by atoms with E-state index >= 15 is 0 Å². The molecule has 6 atom stereocenters. The van der Waals surface area contributed by atoms with Gasteiger partial charge in [0, 0.05) is 24.4 Å². The molecular formula is C16H25NO2. The minimum Gasteiger partial charge on any atom is -0.392 e. The number of β-amino-alcohol motifs (C(OH)–C–C–N with tert-alkyl or cyclic N) is 1. The summed E-state index contributed by atoms with van der Waals surface area (Å²) in [5.41, 5.74) is 0.134. The molecule has 0 aromatic rings. The molecular weight excluding hydrogens is 238 g/mol. The van der Waals surface area contributed by atoms with Crippen LogP contribution in [0, 0.1) is 23.7 Å². The van der Waals surface area contributed by atoms with E-state index in [0.29, 0.717) is 17.6 Å². The van der Waals surface area contributed by atoms with Gasteiger partial charge in [0.05, 0.1) is 6.10 Å². The van der Waals surface area contributed by atoms with Crippen molar-refractivity contribution in [1.82, 2.24) is 4.90 Å². The number of nitrogens with zero attached hydrogens (tertiary/aromatic N) is 1. The smallest absolute Gasteiger partial charge is 0.138 e. The van der Waals surface area contributed by atoms with Crippen LogP contribution in [0.5, 0.6) is 0 Å². The van der Waals surface area contributed by atoms with Gasteiger partial charge in [-0.05, 0) is 56.4 Å². The Hall–Kier alpha value is -0.410. The van der Waals surface area contributed by atoms with Crippen molar-refractivity contribution in [2.45, 2.75) is 57.1 Å². The number of hydrogen-bond acceptors (Lipinski definition) is 3. The molecule has 2 aliphatic heterocycles. The van der Waals surface area contributed by atoms with Gasteiger partial charge < -0.3 is 5.11 Å². The first-order chi connectivity index (χ1) is 9.11. The summed E-state index contributed by atoms with van der Waals surface area (Å²) in [4.78, 5) is 15.1. The number of carbonyl (C=O) groups is 1. The largest absolute Gasteiger partial charge is 0.392 e. The summed E-state index contributed by atoms with van der Waals surface area (Å²) in [6.07, 6.45) is 6.20. The van der Waals surface area contributed by atoms with Crippen LogP contribution in [0.15, 0.2) is 0 Å². The van der Waals surface area contributed by atoms with Gasteiger partial charge in [0.1, 0.15) is 5.78 Å². The van der Waals surface area contributed by atoms with Crippen molar-refractivity contribution in [3.8, 4) is 0 Å². The Kier molecular flexibility index (Phi) is 2.63. The molecule has 0 aromatic heterocycles. The fraction of sp³-hybridized carbons (Fsp3) is 0.938. The fourth-order valence-corrected chi connectivity index (χ4v) is 6.16. The highest BCUT2D eigenvalue weighted by Gasteiger charge is 2.63. The number of Topliss-reactive ketones (excluding diaryl/α,β-unsaturated/α-hetero) is 1. The van der Waals surface area contributed by atoms with Crippen LogP contribution in [-0.4, -0.2) is 40.5 Å². The third-order valence-corrected chi connectivity index (χ3v) is 6.51. The van der Waals surface area contributed by atoms with Crippen molar-refractivity contribution >= 4 is 5.78 Å². The van der Waals surface area contributed by atoms with Gasteiger partial charge in [0.15, 0.2) is 0 Å². The van der Waals surface area contributed by atoms with Crippen molar-refractivity contribution in [2.75, 3.05) is 13.1 Å². The zero-order chi connectivity index (χ0) is 13.2. The number of ketones is 1. The van der Waals surface area contributed by atoms with Crippen molar-refractivity contribution in [2.24, 2.45) is 23.7 Å². The van der Waals surface area contributed by atoms with Crippen LogP contribution in [0.2, 0.25) is 0 Å². The SMILES string of the molecule is C[C@@H]1C[C@H]2CC(=O)[C@H]3CCCN4C[C@H](O)C[C@H]2[C@]34C1. The van der Waals surface area contributed by atoms with Crippen LogP contribution in [0.3, 0.4) is 0 Å². The van der Waals surface area contributed by atoms with E-state index in [1.54, 1.807) is 0 Å². The van der Waals surface area contributed by atoms with Crippen LogP contribution in [0.4, 0.5) is 0 Å². The quantitative estimate of drug-likeness (QED) is 0.725. The molecule has 2 saturated heterocycles. The average molecular weight is 263 g/mol. The number of piperidine rings is 2. The average Bonchev–Trinajstić information content (AvgIpc) is 2.34. The molecule has 0 radical (unpaired) electrons. The molecule has 3 heteroatoms. The van der Waals surface area contributed by atoms with Gasteiger partial charge in [-0.2, -0.15) is 0 Å². The molecule has 2 bridgehead atoms. The number of aliphatic hydroxyl groups excluding tert-OH is 1. The summed E-state index contributed by atoms with van der Waals surface area (Å²) >= 11 is 0. The predicted molar refractivity (Wildman–Crippen MR) is 72.7 cm³/mol. The first kappa shape index (κ1) is 12.3. The number of hydrogen-bond donors (Lipinski definition) is 1. The Morgan fingerprint density at radius 3 is 3.05 bits per heavy atom. The lowest BCUT2D eigenvalue weighted by Gasteiger charge is -2.66. The summed E-state index contributed by atoms with van der Waals surface area (Å²) in [5.74, 6) is 2.68. The molecule has 0 amide bonds. The van der Waals surface area contributed by atoms with E-state index in [4.69, 9.17) is 0 Å². The predicted octanol–water partition coefficient (Wildman–Crippen LogP) is 1.84. The van der Waals surface area contributed by atoms with Gasteiger partial charge >= 0.3 is 0 Å². The standard InChI is InChI=1S/C16H25NO2/c1-10-5-11-6-15(19)13-3-2-4-17-9-12(18)7-14(11)16(13,17)8-10/h10-14,18H,2-9H2,1H3/t10-,11+,12-,13-,14-,16+/m1/s1. The summed E-state index contributed by atoms with van der Waals surface area (Å²) in [7, 11) is 0. The van der Waals surface area contributed by atoms with Crippen molar-refractivity contribution in [3.05, 3.63) is 0 Å². The first-order valence-electron chi connectivity index (χ1n) is 8.07. The Morgan fingerprint density at radius 1 is 1.37 bits per heavy atom. The molecule has 2 heterocycles. The first-order valence-corrected chi connectivity index (χ1v) is 8.07. The number of rotatable bonds is 0. The summed E-state index contributed by atoms with van der Waals surface area (Å²) in [6, 6.07) is 0. The monoisotopic (exact) mass is 263 g/mol. The fourth-order valence-electron chi connectivity index (χ4n) is 6.16. The second-order valence-electron chi connectivity index (χ2n) is 7.60. The Labute approximate surface area is 115 Å². The van der Waals surface area contributed by atoms with E-state index in [1.165, 1.54) is 12.8 Å². The van der Waals surface area contributed by atoms with Gasteiger partial charge in [-0.25, -0.2) is 0 Å². The summed E-state index contributed by atoms with van der Waals surface area (Å²) in [5, 5.41) is 10.2. The van der Waals surface area contributed by atoms with Crippen molar-refractivity contribution in [3.63, 3.8) is 0 Å². The lowest BCUT2D eigenvalue weighted by atomic mass is 9.48. The molecule has 19 heavy (non-hydrogen) atoms. The number of aliphatic hydroxyl groups is 1. The maximum atomic E-state index is 12.6. The molecule has 1 N–H and O–H groups in total. The normalized spacial score (nSPS) is 53.8. The third kappa shape index (κ3) is 1.55. The molecule has 4 rings (SSSR count). The number of carbonyl (C=O) groups excluding carboxylic acids is 1. The summed E-state index contributed by atoms with van der Waals surface area (Å²) in [6.45, 7) is 4.26. The van der Waals surface area contributed by atoms with Crippen LogP contribution < -0.4 is 0 Å². The highest BCUT2D eigenvalue weighted by molar-refractivity contribution is 5.84. The minimum absolute atomic E-state index is 0.134. The molecule has 3 nitrogen and oxygen atoms in total. The van der Waals surface area contributed by atoms with Gasteiger partial charge in [0.25, 0.3) is 0 Å². The zero-order valence-electron chi connectivity index (χ0n) is 11.8. The van der Waals surface area contributed by atoms with Gasteiger partial charge in [-0.15, -0.1) is 0 Å². The van der Waals surface area contributed by atoms with E-state index in [0.717, 1.165) is 44.7 Å². The molecule has 0 aromatic carbocycles. The summed E-state index contributed by atoms with van der Waals surface area (Å²) < 4.78 is 0. The van der Waals surface area contributed by atoms with E-state index < -0.39 is 0 Å². The molecule has 2 aliphatic carbocycles. The second-order valence-corrected chi connectivity index (χ2v) is 7.60. The zero-order valence-corrected chi connectivity index (χ0v) is 11.8. The second kappa shape index (κ2) is 4.05. The minimum atomic E-state index is -0.166. The van der Waals surface area contributed by atoms with E-state index in [2.05, 4.69) is 11.8 Å². The molecule has 2 saturated carbocycles. The molecule has 4 fully saturated rings. The lowest BCUT2D eigenvalue weighted by Crippen LogP contribution is -2.73. The Morgan fingerprint density at radius 2 is 2.21 bits per heavy atom. The van der Waals surface area contributed by atoms with E-state index in [1.807, 2.05) is 0 Å². The lowest BCUT2D eigenvalue weighted by molar-refractivity contribution is -0.186. The molecule has 0 unspecified atom stereocenters. The topological polar surface area (TPSA) is 40.5 Å². The van der Waals surface area contributed by atoms with Crippen LogP contribution in [0.1, 0.15) is 45.4 Å². The van der Waals surface area contributed by atoms with Crippen LogP contribution in [-0.2, 0) is 4.79 Å². The Bertz CT molecular complexity index is 410. The van der Waals surface area contributed by atoms with Crippen molar-refractivity contribution in [1.29, 1.82) is 0 Å². The molecule has 4 aliphatic rings. The Balaban J connectivity index is 1.82. The van der Waals surface area contributed by atoms with Gasteiger partial charge in [-0.3, -0.25) is 9.69 Å². The van der Waals surface area contributed by atoms with E-state index in [9.17, 15) is 9.90 Å². The molecule has 106 valence electrons. The molecule has 1 spiro atoms. The third-order valence-electron chi connectivity index (χ3n) is 6.51. The highest BCUT2D eigenvalue weighted by Crippen LogP contribution is 2.59. The van der Waals surface area contributed by atoms with Gasteiger partial charge in [0.2, 0.25) is 0 Å². The maximum Gasteiger partial charge on any atom is 0.138 e. The van der Waals surface area contributed by atoms with Crippen LogP contribution in [0.25, 0.3) is 0 Å².